The SMILES string of the molecule is CCC=CCCOC(=O)OCC. The van der Waals surface area contributed by atoms with E-state index in [0.29, 0.717) is 13.2 Å². The van der Waals surface area contributed by atoms with Crippen LogP contribution in [-0.2, 0) is 9.47 Å². The Balaban J connectivity index is 3.19. The van der Waals surface area contributed by atoms with Gasteiger partial charge in [-0.25, -0.2) is 4.79 Å². The minimum absolute atomic E-state index is 0.365. The molecule has 12 heavy (non-hydrogen) atoms. The van der Waals surface area contributed by atoms with Crippen molar-refractivity contribution < 1.29 is 14.3 Å². The predicted molar refractivity (Wildman–Crippen MR) is 47.0 cm³/mol. The summed E-state index contributed by atoms with van der Waals surface area (Å²) in [5.74, 6) is 0. The molecule has 0 unspecified atom stereocenters. The van der Waals surface area contributed by atoms with Gasteiger partial charge in [-0.2, -0.15) is 0 Å². The van der Waals surface area contributed by atoms with Crippen molar-refractivity contribution in [3.05, 3.63) is 12.2 Å². The van der Waals surface area contributed by atoms with Gasteiger partial charge in [0.1, 0.15) is 0 Å². The second-order valence-corrected chi connectivity index (χ2v) is 2.20. The summed E-state index contributed by atoms with van der Waals surface area (Å²) in [6.45, 7) is 4.57. The van der Waals surface area contributed by atoms with Crippen molar-refractivity contribution in [3.63, 3.8) is 0 Å². The Morgan fingerprint density at radius 2 is 2.00 bits per heavy atom. The average molecular weight is 172 g/mol. The summed E-state index contributed by atoms with van der Waals surface area (Å²) in [6, 6.07) is 0. The molecular weight excluding hydrogens is 156 g/mol. The first-order valence-electron chi connectivity index (χ1n) is 4.25. The van der Waals surface area contributed by atoms with E-state index in [9.17, 15) is 4.79 Å². The van der Waals surface area contributed by atoms with Crippen LogP contribution in [0.15, 0.2) is 12.2 Å². The Kier molecular flexibility index (Phi) is 7.44. The van der Waals surface area contributed by atoms with Gasteiger partial charge in [0, 0.05) is 0 Å². The zero-order chi connectivity index (χ0) is 9.23. The van der Waals surface area contributed by atoms with Crippen LogP contribution in [0.5, 0.6) is 0 Å². The molecule has 0 fully saturated rings. The molecule has 3 heteroatoms. The van der Waals surface area contributed by atoms with E-state index in [1.807, 2.05) is 12.2 Å². The summed E-state index contributed by atoms with van der Waals surface area (Å²) < 4.78 is 9.28. The fourth-order valence-electron chi connectivity index (χ4n) is 0.654. The molecule has 0 N–H and O–H groups in total. The summed E-state index contributed by atoms with van der Waals surface area (Å²) in [7, 11) is 0. The molecule has 0 bridgehead atoms. The second-order valence-electron chi connectivity index (χ2n) is 2.20. The third kappa shape index (κ3) is 7.12. The first-order valence-corrected chi connectivity index (χ1v) is 4.25. The molecule has 0 aliphatic heterocycles. The van der Waals surface area contributed by atoms with Crippen LogP contribution in [0, 0.1) is 0 Å². The molecule has 0 saturated carbocycles. The Labute approximate surface area is 73.4 Å². The Hall–Kier alpha value is -0.990. The van der Waals surface area contributed by atoms with Crippen molar-refractivity contribution in [2.45, 2.75) is 26.7 Å². The normalized spacial score (nSPS) is 10.2. The monoisotopic (exact) mass is 172 g/mol. The van der Waals surface area contributed by atoms with Crippen molar-refractivity contribution in [1.29, 1.82) is 0 Å². The van der Waals surface area contributed by atoms with Crippen LogP contribution in [0.4, 0.5) is 4.79 Å². The highest BCUT2D eigenvalue weighted by atomic mass is 16.7. The Morgan fingerprint density at radius 3 is 2.58 bits per heavy atom. The molecule has 3 nitrogen and oxygen atoms in total. The number of carbonyl (C=O) groups excluding carboxylic acids is 1. The standard InChI is InChI=1S/C9H16O3/c1-3-5-6-7-8-12-9(10)11-4-2/h5-6H,3-4,7-8H2,1-2H3. The van der Waals surface area contributed by atoms with Gasteiger partial charge in [-0.05, 0) is 19.8 Å². The number of hydrogen-bond acceptors (Lipinski definition) is 3. The van der Waals surface area contributed by atoms with Gasteiger partial charge >= 0.3 is 6.16 Å². The van der Waals surface area contributed by atoms with Crippen LogP contribution in [0.2, 0.25) is 0 Å². The van der Waals surface area contributed by atoms with E-state index in [1.54, 1.807) is 6.92 Å². The van der Waals surface area contributed by atoms with Gasteiger partial charge in [-0.3, -0.25) is 0 Å². The molecule has 0 radical (unpaired) electrons. The third-order valence-corrected chi connectivity index (χ3v) is 1.17. The lowest BCUT2D eigenvalue weighted by Crippen LogP contribution is -2.07. The molecule has 70 valence electrons. The highest BCUT2D eigenvalue weighted by molar-refractivity contribution is 5.59. The Morgan fingerprint density at radius 1 is 1.25 bits per heavy atom. The zero-order valence-electron chi connectivity index (χ0n) is 7.71. The summed E-state index contributed by atoms with van der Waals surface area (Å²) in [5, 5.41) is 0. The zero-order valence-corrected chi connectivity index (χ0v) is 7.71. The lowest BCUT2D eigenvalue weighted by molar-refractivity contribution is 0.0604. The van der Waals surface area contributed by atoms with Gasteiger partial charge in [0.15, 0.2) is 0 Å². The van der Waals surface area contributed by atoms with E-state index in [-0.39, 0.29) is 0 Å². The van der Waals surface area contributed by atoms with E-state index in [0.717, 1.165) is 12.8 Å². The fourth-order valence-corrected chi connectivity index (χ4v) is 0.654. The molecular formula is C9H16O3. The first kappa shape index (κ1) is 11.0. The molecule has 0 aliphatic carbocycles. The van der Waals surface area contributed by atoms with Gasteiger partial charge in [0.25, 0.3) is 0 Å². The highest BCUT2D eigenvalue weighted by Crippen LogP contribution is 1.90. The first-order chi connectivity index (χ1) is 5.81. The number of rotatable bonds is 5. The van der Waals surface area contributed by atoms with Crippen LogP contribution < -0.4 is 0 Å². The van der Waals surface area contributed by atoms with Crippen LogP contribution >= 0.6 is 0 Å². The maximum atomic E-state index is 10.6. The fraction of sp³-hybridized carbons (Fsp3) is 0.667. The number of ether oxygens (including phenoxy) is 2. The summed E-state index contributed by atoms with van der Waals surface area (Å²) >= 11 is 0. The second kappa shape index (κ2) is 8.11. The van der Waals surface area contributed by atoms with E-state index in [2.05, 4.69) is 11.7 Å². The van der Waals surface area contributed by atoms with Gasteiger partial charge in [0.2, 0.25) is 0 Å². The summed E-state index contributed by atoms with van der Waals surface area (Å²) in [4.78, 5) is 10.6. The highest BCUT2D eigenvalue weighted by Gasteiger charge is 1.98. The molecule has 0 spiro atoms. The van der Waals surface area contributed by atoms with Crippen molar-refractivity contribution in [2.24, 2.45) is 0 Å². The maximum absolute atomic E-state index is 10.6. The third-order valence-electron chi connectivity index (χ3n) is 1.17. The quantitative estimate of drug-likeness (QED) is 0.363. The molecule has 0 atom stereocenters. The van der Waals surface area contributed by atoms with E-state index in [4.69, 9.17) is 4.74 Å². The molecule has 0 heterocycles. The van der Waals surface area contributed by atoms with Crippen LogP contribution in [0.3, 0.4) is 0 Å². The van der Waals surface area contributed by atoms with Crippen molar-refractivity contribution in [1.82, 2.24) is 0 Å². The van der Waals surface area contributed by atoms with Crippen molar-refractivity contribution >= 4 is 6.16 Å². The Bertz CT molecular complexity index is 141. The van der Waals surface area contributed by atoms with Crippen molar-refractivity contribution in [2.75, 3.05) is 13.2 Å². The smallest absolute Gasteiger partial charge is 0.435 e. The largest absolute Gasteiger partial charge is 0.508 e. The molecule has 0 aromatic rings. The number of allylic oxidation sites excluding steroid dienone is 1. The summed E-state index contributed by atoms with van der Waals surface area (Å²) in [6.07, 6.45) is 5.21. The lowest BCUT2D eigenvalue weighted by atomic mass is 10.3. The van der Waals surface area contributed by atoms with Crippen LogP contribution in [-0.4, -0.2) is 19.4 Å². The molecule has 0 aliphatic rings. The number of hydrogen-bond donors (Lipinski definition) is 0. The lowest BCUT2D eigenvalue weighted by Gasteiger charge is -2.01. The van der Waals surface area contributed by atoms with E-state index in [1.165, 1.54) is 0 Å². The van der Waals surface area contributed by atoms with Crippen LogP contribution in [0.1, 0.15) is 26.7 Å². The topological polar surface area (TPSA) is 35.5 Å². The van der Waals surface area contributed by atoms with E-state index >= 15 is 0 Å². The van der Waals surface area contributed by atoms with Gasteiger partial charge in [-0.15, -0.1) is 0 Å². The van der Waals surface area contributed by atoms with Gasteiger partial charge in [0.05, 0.1) is 13.2 Å². The van der Waals surface area contributed by atoms with Crippen molar-refractivity contribution in [3.8, 4) is 0 Å². The van der Waals surface area contributed by atoms with Crippen LogP contribution in [0.25, 0.3) is 0 Å². The molecule has 0 saturated heterocycles. The van der Waals surface area contributed by atoms with E-state index < -0.39 is 6.16 Å². The maximum Gasteiger partial charge on any atom is 0.508 e. The minimum Gasteiger partial charge on any atom is -0.435 e. The molecule has 0 amide bonds. The average Bonchev–Trinajstić information content (AvgIpc) is 2.05. The van der Waals surface area contributed by atoms with Gasteiger partial charge < -0.3 is 9.47 Å². The van der Waals surface area contributed by atoms with Gasteiger partial charge in [-0.1, -0.05) is 19.1 Å². The minimum atomic E-state index is -0.581. The number of carbonyl (C=O) groups is 1. The molecule has 0 aromatic heterocycles. The predicted octanol–water partition coefficient (Wildman–Crippen LogP) is 2.52. The molecule has 0 aromatic carbocycles. The molecule has 0 rings (SSSR count). The summed E-state index contributed by atoms with van der Waals surface area (Å²) in [5.41, 5.74) is 0.